The molecule has 124 valence electrons. The Hall–Kier alpha value is -0.540. The van der Waals surface area contributed by atoms with E-state index in [9.17, 15) is 0 Å². The van der Waals surface area contributed by atoms with Crippen LogP contribution in [0, 0.1) is 11.8 Å². The van der Waals surface area contributed by atoms with Crippen LogP contribution >= 0.6 is 0 Å². The molecule has 0 aromatic rings. The standard InChI is InChI=1S/C18H34O3/c1-6-9-10-14(7-2)13-21-18-16(19-4)11-15(8-3)12-17(18)20-5/h11,14-15,17-18H,6-10,12-13H2,1-5H3. The molecule has 0 N–H and O–H groups in total. The van der Waals surface area contributed by atoms with Crippen molar-refractivity contribution in [3.63, 3.8) is 0 Å². The first-order valence-electron chi connectivity index (χ1n) is 8.60. The number of unbranched alkanes of at least 4 members (excludes halogenated alkanes) is 1. The largest absolute Gasteiger partial charge is 0.499 e. The second-order valence-corrected chi connectivity index (χ2v) is 6.12. The average Bonchev–Trinajstić information content (AvgIpc) is 2.54. The summed E-state index contributed by atoms with van der Waals surface area (Å²) in [5, 5.41) is 0. The summed E-state index contributed by atoms with van der Waals surface area (Å²) < 4.78 is 17.5. The molecule has 3 nitrogen and oxygen atoms in total. The maximum absolute atomic E-state index is 6.21. The van der Waals surface area contributed by atoms with Gasteiger partial charge in [-0.2, -0.15) is 0 Å². The van der Waals surface area contributed by atoms with Gasteiger partial charge in [-0.15, -0.1) is 0 Å². The first-order valence-corrected chi connectivity index (χ1v) is 8.60. The van der Waals surface area contributed by atoms with Gasteiger partial charge in [-0.05, 0) is 37.2 Å². The van der Waals surface area contributed by atoms with Gasteiger partial charge < -0.3 is 14.2 Å². The molecule has 0 spiro atoms. The summed E-state index contributed by atoms with van der Waals surface area (Å²) in [6, 6.07) is 0. The zero-order valence-electron chi connectivity index (χ0n) is 14.6. The Kier molecular flexibility index (Phi) is 9.02. The second kappa shape index (κ2) is 10.2. The molecule has 4 unspecified atom stereocenters. The lowest BCUT2D eigenvalue weighted by Gasteiger charge is -2.34. The van der Waals surface area contributed by atoms with E-state index in [0.29, 0.717) is 11.8 Å². The maximum Gasteiger partial charge on any atom is 0.140 e. The van der Waals surface area contributed by atoms with E-state index < -0.39 is 0 Å². The zero-order valence-corrected chi connectivity index (χ0v) is 14.6. The fraction of sp³-hybridized carbons (Fsp3) is 0.889. The molecule has 0 radical (unpaired) electrons. The van der Waals surface area contributed by atoms with E-state index >= 15 is 0 Å². The molecule has 0 aliphatic heterocycles. The third-order valence-corrected chi connectivity index (χ3v) is 4.67. The Labute approximate surface area is 131 Å². The predicted molar refractivity (Wildman–Crippen MR) is 87.3 cm³/mol. The van der Waals surface area contributed by atoms with Gasteiger partial charge in [0.05, 0.1) is 19.8 Å². The zero-order chi connectivity index (χ0) is 15.7. The van der Waals surface area contributed by atoms with Crippen LogP contribution in [0.2, 0.25) is 0 Å². The van der Waals surface area contributed by atoms with Crippen LogP contribution in [0.25, 0.3) is 0 Å². The molecule has 0 saturated heterocycles. The minimum absolute atomic E-state index is 0.0431. The summed E-state index contributed by atoms with van der Waals surface area (Å²) in [7, 11) is 3.52. The normalized spacial score (nSPS) is 27.3. The summed E-state index contributed by atoms with van der Waals surface area (Å²) in [6.07, 6.45) is 9.40. The lowest BCUT2D eigenvalue weighted by Crippen LogP contribution is -2.39. The van der Waals surface area contributed by atoms with E-state index in [1.165, 1.54) is 25.7 Å². The molecule has 0 saturated carbocycles. The Morgan fingerprint density at radius 1 is 1.24 bits per heavy atom. The molecule has 1 rings (SSSR count). The third kappa shape index (κ3) is 5.63. The Morgan fingerprint density at radius 2 is 2.00 bits per heavy atom. The van der Waals surface area contributed by atoms with Crippen molar-refractivity contribution in [2.45, 2.75) is 71.5 Å². The fourth-order valence-corrected chi connectivity index (χ4v) is 3.02. The van der Waals surface area contributed by atoms with Crippen LogP contribution in [0.15, 0.2) is 11.8 Å². The van der Waals surface area contributed by atoms with E-state index in [2.05, 4.69) is 26.8 Å². The molecular formula is C18H34O3. The molecule has 3 heteroatoms. The number of methoxy groups -OCH3 is 2. The van der Waals surface area contributed by atoms with Crippen LogP contribution in [-0.4, -0.2) is 33.0 Å². The predicted octanol–water partition coefficient (Wildman–Crippen LogP) is 4.56. The molecular weight excluding hydrogens is 264 g/mol. The molecule has 1 aliphatic rings. The maximum atomic E-state index is 6.21. The SMILES string of the molecule is CCCCC(CC)COC1C(OC)=CC(CC)CC1OC. The highest BCUT2D eigenvalue weighted by Crippen LogP contribution is 2.30. The van der Waals surface area contributed by atoms with Crippen LogP contribution in [0.5, 0.6) is 0 Å². The van der Waals surface area contributed by atoms with Crippen molar-refractivity contribution < 1.29 is 14.2 Å². The van der Waals surface area contributed by atoms with Gasteiger partial charge in [-0.1, -0.05) is 40.0 Å². The molecule has 0 fully saturated rings. The Bertz CT molecular complexity index is 301. The van der Waals surface area contributed by atoms with Crippen molar-refractivity contribution in [3.05, 3.63) is 11.8 Å². The van der Waals surface area contributed by atoms with Gasteiger partial charge in [0.25, 0.3) is 0 Å². The topological polar surface area (TPSA) is 27.7 Å². The average molecular weight is 298 g/mol. The molecule has 1 aliphatic carbocycles. The fourth-order valence-electron chi connectivity index (χ4n) is 3.02. The van der Waals surface area contributed by atoms with Crippen LogP contribution in [0.1, 0.15) is 59.3 Å². The van der Waals surface area contributed by atoms with Gasteiger partial charge in [0.15, 0.2) is 0 Å². The highest BCUT2D eigenvalue weighted by Gasteiger charge is 2.33. The van der Waals surface area contributed by atoms with Crippen molar-refractivity contribution in [3.8, 4) is 0 Å². The Balaban J connectivity index is 2.64. The summed E-state index contributed by atoms with van der Waals surface area (Å²) in [5.74, 6) is 2.13. The summed E-state index contributed by atoms with van der Waals surface area (Å²) in [4.78, 5) is 0. The van der Waals surface area contributed by atoms with Crippen LogP contribution < -0.4 is 0 Å². The van der Waals surface area contributed by atoms with Crippen molar-refractivity contribution in [2.24, 2.45) is 11.8 Å². The molecule has 0 aromatic carbocycles. The molecule has 0 heterocycles. The number of hydrogen-bond donors (Lipinski definition) is 0. The highest BCUT2D eigenvalue weighted by atomic mass is 16.6. The van der Waals surface area contributed by atoms with Crippen molar-refractivity contribution >= 4 is 0 Å². The van der Waals surface area contributed by atoms with E-state index in [-0.39, 0.29) is 12.2 Å². The molecule has 0 bridgehead atoms. The number of rotatable bonds is 10. The van der Waals surface area contributed by atoms with Crippen LogP contribution in [0.4, 0.5) is 0 Å². The molecule has 4 atom stereocenters. The van der Waals surface area contributed by atoms with Crippen molar-refractivity contribution in [2.75, 3.05) is 20.8 Å². The number of allylic oxidation sites excluding steroid dienone is 1. The number of ether oxygens (including phenoxy) is 3. The number of hydrogen-bond acceptors (Lipinski definition) is 3. The minimum atomic E-state index is -0.0431. The lowest BCUT2D eigenvalue weighted by atomic mass is 9.88. The van der Waals surface area contributed by atoms with E-state index in [1.807, 2.05) is 0 Å². The van der Waals surface area contributed by atoms with E-state index in [4.69, 9.17) is 14.2 Å². The monoisotopic (exact) mass is 298 g/mol. The third-order valence-electron chi connectivity index (χ3n) is 4.67. The molecule has 0 aromatic heterocycles. The van der Waals surface area contributed by atoms with Gasteiger partial charge in [0, 0.05) is 7.11 Å². The summed E-state index contributed by atoms with van der Waals surface area (Å²) in [5.41, 5.74) is 0. The quantitative estimate of drug-likeness (QED) is 0.591. The van der Waals surface area contributed by atoms with Gasteiger partial charge in [-0.3, -0.25) is 0 Å². The van der Waals surface area contributed by atoms with E-state index in [0.717, 1.165) is 25.2 Å². The van der Waals surface area contributed by atoms with Gasteiger partial charge in [-0.25, -0.2) is 0 Å². The highest BCUT2D eigenvalue weighted by molar-refractivity contribution is 5.11. The van der Waals surface area contributed by atoms with Crippen molar-refractivity contribution in [1.82, 2.24) is 0 Å². The van der Waals surface area contributed by atoms with Crippen LogP contribution in [0.3, 0.4) is 0 Å². The lowest BCUT2D eigenvalue weighted by molar-refractivity contribution is -0.0820. The van der Waals surface area contributed by atoms with E-state index in [1.54, 1.807) is 14.2 Å². The Morgan fingerprint density at radius 3 is 2.52 bits per heavy atom. The molecule has 21 heavy (non-hydrogen) atoms. The van der Waals surface area contributed by atoms with Crippen molar-refractivity contribution in [1.29, 1.82) is 0 Å². The molecule has 0 amide bonds. The van der Waals surface area contributed by atoms with Crippen LogP contribution in [-0.2, 0) is 14.2 Å². The first kappa shape index (κ1) is 18.5. The minimum Gasteiger partial charge on any atom is -0.499 e. The van der Waals surface area contributed by atoms with Gasteiger partial charge in [0.2, 0.25) is 0 Å². The van der Waals surface area contributed by atoms with Gasteiger partial charge in [0.1, 0.15) is 11.9 Å². The summed E-state index contributed by atoms with van der Waals surface area (Å²) in [6.45, 7) is 7.50. The van der Waals surface area contributed by atoms with Gasteiger partial charge >= 0.3 is 0 Å². The smallest absolute Gasteiger partial charge is 0.140 e. The second-order valence-electron chi connectivity index (χ2n) is 6.12. The summed E-state index contributed by atoms with van der Waals surface area (Å²) >= 11 is 0. The first-order chi connectivity index (χ1) is 10.2.